The van der Waals surface area contributed by atoms with Crippen molar-refractivity contribution in [1.82, 2.24) is 0 Å². The zero-order chi connectivity index (χ0) is 14.0. The van der Waals surface area contributed by atoms with Crippen molar-refractivity contribution in [3.8, 4) is 0 Å². The van der Waals surface area contributed by atoms with Gasteiger partial charge in [-0.1, -0.05) is 31.2 Å². The second kappa shape index (κ2) is 5.61. The molecule has 0 aromatic heterocycles. The maximum absolute atomic E-state index is 9.70. The first-order chi connectivity index (χ1) is 9.00. The van der Waals surface area contributed by atoms with Crippen molar-refractivity contribution >= 4 is 0 Å². The average Bonchev–Trinajstić information content (AvgIpc) is 2.42. The summed E-state index contributed by atoms with van der Waals surface area (Å²) in [7, 11) is 0. The van der Waals surface area contributed by atoms with Crippen LogP contribution in [0.3, 0.4) is 0 Å². The zero-order valence-electron chi connectivity index (χ0n) is 12.1. The van der Waals surface area contributed by atoms with Crippen molar-refractivity contribution in [2.24, 2.45) is 5.73 Å². The van der Waals surface area contributed by atoms with E-state index in [9.17, 15) is 5.11 Å². The third kappa shape index (κ3) is 2.69. The Labute approximate surface area is 115 Å². The third-order valence-electron chi connectivity index (χ3n) is 4.38. The molecule has 3 nitrogen and oxygen atoms in total. The van der Waals surface area contributed by atoms with Crippen LogP contribution in [-0.2, 0) is 10.3 Å². The van der Waals surface area contributed by atoms with Gasteiger partial charge in [0.05, 0.1) is 12.2 Å². The standard InChI is InChI=1S/C16H25NO2/c1-11-8-9-16(10-17,19-13(3)12(2)18)15-7-5-4-6-14(11)15/h4-7,11-13,18H,8-10,17H2,1-3H3. The Hall–Kier alpha value is -0.900. The molecule has 0 fully saturated rings. The molecule has 106 valence electrons. The Bertz CT molecular complexity index is 433. The van der Waals surface area contributed by atoms with Gasteiger partial charge in [-0.15, -0.1) is 0 Å². The molecule has 1 aliphatic carbocycles. The minimum Gasteiger partial charge on any atom is -0.391 e. The van der Waals surface area contributed by atoms with Gasteiger partial charge in [0.25, 0.3) is 0 Å². The van der Waals surface area contributed by atoms with Crippen molar-refractivity contribution in [2.45, 2.75) is 57.3 Å². The molecule has 3 N–H and O–H groups in total. The van der Waals surface area contributed by atoms with Crippen molar-refractivity contribution < 1.29 is 9.84 Å². The van der Waals surface area contributed by atoms with Gasteiger partial charge >= 0.3 is 0 Å². The van der Waals surface area contributed by atoms with Crippen LogP contribution in [0.2, 0.25) is 0 Å². The minimum atomic E-state index is -0.491. The molecule has 0 amide bonds. The Morgan fingerprint density at radius 1 is 1.42 bits per heavy atom. The van der Waals surface area contributed by atoms with Gasteiger partial charge in [-0.25, -0.2) is 0 Å². The van der Waals surface area contributed by atoms with Gasteiger partial charge in [-0.3, -0.25) is 0 Å². The number of hydrogen-bond donors (Lipinski definition) is 2. The lowest BCUT2D eigenvalue weighted by Gasteiger charge is -2.42. The van der Waals surface area contributed by atoms with E-state index in [1.54, 1.807) is 6.92 Å². The number of ether oxygens (including phenoxy) is 1. The van der Waals surface area contributed by atoms with Gasteiger partial charge in [-0.05, 0) is 43.7 Å². The SMILES string of the molecule is CC1CCC(CN)(OC(C)C(C)O)c2ccccc21. The Morgan fingerprint density at radius 2 is 2.11 bits per heavy atom. The predicted molar refractivity (Wildman–Crippen MR) is 77.1 cm³/mol. The molecule has 1 aliphatic rings. The predicted octanol–water partition coefficient (Wildman–Crippen LogP) is 2.52. The largest absolute Gasteiger partial charge is 0.391 e. The summed E-state index contributed by atoms with van der Waals surface area (Å²) in [6.07, 6.45) is 1.28. The Balaban J connectivity index is 2.38. The zero-order valence-corrected chi connectivity index (χ0v) is 12.1. The number of aliphatic hydroxyl groups excluding tert-OH is 1. The molecule has 1 aromatic rings. The lowest BCUT2D eigenvalue weighted by Crippen LogP contribution is -2.45. The highest BCUT2D eigenvalue weighted by Gasteiger charge is 2.40. The second-order valence-electron chi connectivity index (χ2n) is 5.79. The fourth-order valence-corrected chi connectivity index (χ4v) is 2.92. The lowest BCUT2D eigenvalue weighted by atomic mass is 9.74. The van der Waals surface area contributed by atoms with Crippen molar-refractivity contribution in [3.63, 3.8) is 0 Å². The molecule has 0 aliphatic heterocycles. The quantitative estimate of drug-likeness (QED) is 0.877. The van der Waals surface area contributed by atoms with Gasteiger partial charge in [0.15, 0.2) is 0 Å². The van der Waals surface area contributed by atoms with E-state index in [1.807, 2.05) is 13.0 Å². The van der Waals surface area contributed by atoms with Crippen LogP contribution < -0.4 is 5.73 Å². The molecule has 1 aromatic carbocycles. The molecule has 4 atom stereocenters. The molecule has 0 saturated heterocycles. The highest BCUT2D eigenvalue weighted by molar-refractivity contribution is 5.38. The van der Waals surface area contributed by atoms with Crippen LogP contribution in [0.25, 0.3) is 0 Å². The first kappa shape index (κ1) is 14.5. The van der Waals surface area contributed by atoms with E-state index < -0.39 is 11.7 Å². The van der Waals surface area contributed by atoms with Crippen LogP contribution in [0.4, 0.5) is 0 Å². The molecule has 0 bridgehead atoms. The van der Waals surface area contributed by atoms with Gasteiger partial charge in [-0.2, -0.15) is 0 Å². The van der Waals surface area contributed by atoms with Crippen LogP contribution in [0.5, 0.6) is 0 Å². The summed E-state index contributed by atoms with van der Waals surface area (Å²) in [6.45, 7) is 6.36. The summed E-state index contributed by atoms with van der Waals surface area (Å²) >= 11 is 0. The van der Waals surface area contributed by atoms with Crippen LogP contribution in [-0.4, -0.2) is 23.9 Å². The molecule has 3 heteroatoms. The number of rotatable bonds is 4. The fraction of sp³-hybridized carbons (Fsp3) is 0.625. The number of aliphatic hydroxyl groups is 1. The molecular weight excluding hydrogens is 238 g/mol. The van der Waals surface area contributed by atoms with E-state index in [-0.39, 0.29) is 6.10 Å². The van der Waals surface area contributed by atoms with Crippen molar-refractivity contribution in [3.05, 3.63) is 35.4 Å². The molecule has 0 saturated carbocycles. The van der Waals surface area contributed by atoms with E-state index in [4.69, 9.17) is 10.5 Å². The van der Waals surface area contributed by atoms with E-state index in [1.165, 1.54) is 11.1 Å². The molecular formula is C16H25NO2. The first-order valence-corrected chi connectivity index (χ1v) is 7.15. The maximum Gasteiger partial charge on any atom is 0.106 e. The summed E-state index contributed by atoms with van der Waals surface area (Å²) in [5, 5.41) is 9.70. The first-order valence-electron chi connectivity index (χ1n) is 7.15. The monoisotopic (exact) mass is 263 g/mol. The van der Waals surface area contributed by atoms with E-state index in [0.29, 0.717) is 12.5 Å². The minimum absolute atomic E-state index is 0.218. The van der Waals surface area contributed by atoms with Crippen molar-refractivity contribution in [2.75, 3.05) is 6.54 Å². The maximum atomic E-state index is 9.70. The smallest absolute Gasteiger partial charge is 0.106 e. The molecule has 4 unspecified atom stereocenters. The summed E-state index contributed by atoms with van der Waals surface area (Å²) in [6, 6.07) is 8.39. The van der Waals surface area contributed by atoms with Crippen LogP contribution >= 0.6 is 0 Å². The average molecular weight is 263 g/mol. The van der Waals surface area contributed by atoms with Gasteiger partial charge in [0, 0.05) is 6.54 Å². The second-order valence-corrected chi connectivity index (χ2v) is 5.79. The lowest BCUT2D eigenvalue weighted by molar-refractivity contribution is -0.132. The molecule has 0 spiro atoms. The van der Waals surface area contributed by atoms with Crippen molar-refractivity contribution in [1.29, 1.82) is 0 Å². The Morgan fingerprint density at radius 3 is 2.74 bits per heavy atom. The third-order valence-corrected chi connectivity index (χ3v) is 4.38. The van der Waals surface area contributed by atoms with E-state index in [2.05, 4.69) is 25.1 Å². The number of benzene rings is 1. The van der Waals surface area contributed by atoms with Crippen LogP contribution in [0.1, 0.15) is 50.7 Å². The van der Waals surface area contributed by atoms with E-state index in [0.717, 1.165) is 12.8 Å². The fourth-order valence-electron chi connectivity index (χ4n) is 2.92. The summed E-state index contributed by atoms with van der Waals surface area (Å²) in [4.78, 5) is 0. The molecule has 0 radical (unpaired) electrons. The molecule has 19 heavy (non-hydrogen) atoms. The van der Waals surface area contributed by atoms with Crippen LogP contribution in [0, 0.1) is 0 Å². The van der Waals surface area contributed by atoms with Gasteiger partial charge in [0.2, 0.25) is 0 Å². The topological polar surface area (TPSA) is 55.5 Å². The van der Waals surface area contributed by atoms with Gasteiger partial charge < -0.3 is 15.6 Å². The number of hydrogen-bond acceptors (Lipinski definition) is 3. The Kier molecular flexibility index (Phi) is 4.29. The summed E-state index contributed by atoms with van der Waals surface area (Å²) in [5.74, 6) is 0.543. The number of nitrogens with two attached hydrogens (primary N) is 1. The molecule has 2 rings (SSSR count). The van der Waals surface area contributed by atoms with Gasteiger partial charge in [0.1, 0.15) is 5.60 Å². The highest BCUT2D eigenvalue weighted by Crippen LogP contribution is 2.43. The van der Waals surface area contributed by atoms with Crippen LogP contribution in [0.15, 0.2) is 24.3 Å². The normalized spacial score (nSPS) is 29.6. The number of fused-ring (bicyclic) bond motifs is 1. The molecule has 0 heterocycles. The highest BCUT2D eigenvalue weighted by atomic mass is 16.5. The van der Waals surface area contributed by atoms with E-state index >= 15 is 0 Å². The summed E-state index contributed by atoms with van der Waals surface area (Å²) < 4.78 is 6.19. The summed E-state index contributed by atoms with van der Waals surface area (Å²) in [5.41, 5.74) is 8.12.